The van der Waals surface area contributed by atoms with Crippen LogP contribution in [0.1, 0.15) is 18.4 Å². The van der Waals surface area contributed by atoms with Gasteiger partial charge in [-0.3, -0.25) is 25.8 Å². The van der Waals surface area contributed by atoms with Crippen molar-refractivity contribution >= 4 is 11.6 Å². The Morgan fingerprint density at radius 1 is 1.32 bits per heavy atom. The first-order chi connectivity index (χ1) is 11.8. The second kappa shape index (κ2) is 6.60. The van der Waals surface area contributed by atoms with E-state index in [1.54, 1.807) is 0 Å². The van der Waals surface area contributed by atoms with Gasteiger partial charge in [0.05, 0.1) is 11.5 Å². The third-order valence-electron chi connectivity index (χ3n) is 4.77. The van der Waals surface area contributed by atoms with Gasteiger partial charge in [0.1, 0.15) is 0 Å². The van der Waals surface area contributed by atoms with Crippen LogP contribution in [0.25, 0.3) is 0 Å². The highest BCUT2D eigenvalue weighted by Gasteiger charge is 2.47. The number of nitrogens with one attached hydrogen (secondary N) is 3. The maximum absolute atomic E-state index is 12.8. The van der Waals surface area contributed by atoms with Crippen molar-refractivity contribution in [2.45, 2.75) is 31.1 Å². The SMILES string of the molecule is O=C(Nc1cccc(C(F)(F)F)c1)C1CC([N+](=O)[O-])CC2CNNC21. The molecule has 2 fully saturated rings. The largest absolute Gasteiger partial charge is 0.416 e. The monoisotopic (exact) mass is 358 g/mol. The fraction of sp³-hybridized carbons (Fsp3) is 0.533. The number of carbonyl (C=O) groups excluding carboxylic acids is 1. The van der Waals surface area contributed by atoms with Gasteiger partial charge in [0.25, 0.3) is 0 Å². The average Bonchev–Trinajstić information content (AvgIpc) is 3.01. The molecule has 1 aromatic rings. The van der Waals surface area contributed by atoms with Crippen LogP contribution >= 0.6 is 0 Å². The van der Waals surface area contributed by atoms with Crippen LogP contribution in [0.2, 0.25) is 0 Å². The van der Waals surface area contributed by atoms with Crippen LogP contribution in [-0.4, -0.2) is 29.5 Å². The minimum absolute atomic E-state index is 0.0190. The number of anilines is 1. The number of nitro groups is 1. The molecule has 0 spiro atoms. The number of halogens is 3. The van der Waals surface area contributed by atoms with Crippen molar-refractivity contribution in [2.24, 2.45) is 11.8 Å². The number of benzene rings is 1. The maximum atomic E-state index is 12.8. The Morgan fingerprint density at radius 3 is 2.76 bits per heavy atom. The lowest BCUT2D eigenvalue weighted by Crippen LogP contribution is -2.50. The van der Waals surface area contributed by atoms with Gasteiger partial charge >= 0.3 is 6.18 Å². The molecule has 1 amide bonds. The van der Waals surface area contributed by atoms with Gasteiger partial charge in [-0.15, -0.1) is 0 Å². The molecule has 25 heavy (non-hydrogen) atoms. The summed E-state index contributed by atoms with van der Waals surface area (Å²) in [6.45, 7) is 0.516. The second-order valence-electron chi connectivity index (χ2n) is 6.40. The number of hydrogen-bond acceptors (Lipinski definition) is 5. The van der Waals surface area contributed by atoms with Gasteiger partial charge < -0.3 is 5.32 Å². The fourth-order valence-corrected chi connectivity index (χ4v) is 3.55. The maximum Gasteiger partial charge on any atom is 0.416 e. The normalized spacial score (nSPS) is 29.1. The molecule has 1 aromatic carbocycles. The quantitative estimate of drug-likeness (QED) is 0.566. The summed E-state index contributed by atoms with van der Waals surface area (Å²) >= 11 is 0. The number of alkyl halides is 3. The van der Waals surface area contributed by atoms with Gasteiger partial charge in [0.2, 0.25) is 11.9 Å². The second-order valence-corrected chi connectivity index (χ2v) is 6.40. The van der Waals surface area contributed by atoms with Crippen molar-refractivity contribution in [1.82, 2.24) is 10.9 Å². The van der Waals surface area contributed by atoms with E-state index in [0.29, 0.717) is 13.0 Å². The standard InChI is InChI=1S/C15H17F3N4O3/c16-15(17,18)9-2-1-3-10(5-9)20-14(23)12-6-11(22(24)25)4-8-7-19-21-13(8)12/h1-3,5,8,11-13,19,21H,4,6-7H2,(H,20,23). The Kier molecular flexibility index (Phi) is 4.65. The third-order valence-corrected chi connectivity index (χ3v) is 4.77. The highest BCUT2D eigenvalue weighted by Crippen LogP contribution is 2.34. The van der Waals surface area contributed by atoms with Gasteiger partial charge in [-0.25, -0.2) is 0 Å². The summed E-state index contributed by atoms with van der Waals surface area (Å²) in [5, 5.41) is 13.6. The average molecular weight is 358 g/mol. The van der Waals surface area contributed by atoms with Gasteiger partial charge in [0, 0.05) is 36.0 Å². The highest BCUT2D eigenvalue weighted by atomic mass is 19.4. The van der Waals surface area contributed by atoms with Crippen molar-refractivity contribution in [3.8, 4) is 0 Å². The van der Waals surface area contributed by atoms with Gasteiger partial charge in [-0.2, -0.15) is 13.2 Å². The molecular weight excluding hydrogens is 341 g/mol. The molecule has 10 heteroatoms. The number of fused-ring (bicyclic) bond motifs is 1. The van der Waals surface area contributed by atoms with Gasteiger partial charge in [-0.1, -0.05) is 6.07 Å². The Hall–Kier alpha value is -2.20. The number of carbonyl (C=O) groups is 1. The molecule has 0 bridgehead atoms. The molecule has 3 N–H and O–H groups in total. The van der Waals surface area contributed by atoms with Crippen LogP contribution in [0.4, 0.5) is 18.9 Å². The van der Waals surface area contributed by atoms with Crippen LogP contribution in [0.3, 0.4) is 0 Å². The number of rotatable bonds is 3. The minimum Gasteiger partial charge on any atom is -0.326 e. The predicted molar refractivity (Wildman–Crippen MR) is 82.0 cm³/mol. The number of amides is 1. The van der Waals surface area contributed by atoms with E-state index in [9.17, 15) is 28.1 Å². The lowest BCUT2D eigenvalue weighted by molar-refractivity contribution is -0.529. The highest BCUT2D eigenvalue weighted by molar-refractivity contribution is 5.93. The summed E-state index contributed by atoms with van der Waals surface area (Å²) in [7, 11) is 0. The van der Waals surface area contributed by atoms with E-state index < -0.39 is 29.6 Å². The van der Waals surface area contributed by atoms with Crippen LogP contribution in [0, 0.1) is 22.0 Å². The first-order valence-electron chi connectivity index (χ1n) is 7.85. The molecule has 1 aliphatic heterocycles. The Balaban J connectivity index is 1.76. The van der Waals surface area contributed by atoms with Gasteiger partial charge in [-0.05, 0) is 24.1 Å². The Morgan fingerprint density at radius 2 is 2.08 bits per heavy atom. The van der Waals surface area contributed by atoms with Crippen molar-refractivity contribution in [3.05, 3.63) is 39.9 Å². The van der Waals surface area contributed by atoms with E-state index in [4.69, 9.17) is 0 Å². The van der Waals surface area contributed by atoms with Crippen molar-refractivity contribution in [2.75, 3.05) is 11.9 Å². The van der Waals surface area contributed by atoms with Crippen molar-refractivity contribution in [3.63, 3.8) is 0 Å². The first-order valence-corrected chi connectivity index (χ1v) is 7.85. The lowest BCUT2D eigenvalue weighted by atomic mass is 9.75. The van der Waals surface area contributed by atoms with E-state index in [2.05, 4.69) is 16.2 Å². The fourth-order valence-electron chi connectivity index (χ4n) is 3.55. The molecule has 1 aliphatic carbocycles. The van der Waals surface area contributed by atoms with E-state index in [0.717, 1.165) is 12.1 Å². The zero-order valence-corrected chi connectivity index (χ0v) is 13.0. The van der Waals surface area contributed by atoms with Crippen LogP contribution < -0.4 is 16.2 Å². The predicted octanol–water partition coefficient (Wildman–Crippen LogP) is 1.79. The Bertz CT molecular complexity index is 682. The molecule has 3 rings (SSSR count). The van der Waals surface area contributed by atoms with E-state index in [-0.39, 0.29) is 29.0 Å². The molecule has 2 aliphatic rings. The third kappa shape index (κ3) is 3.74. The molecule has 1 saturated heterocycles. The summed E-state index contributed by atoms with van der Waals surface area (Å²) in [5.74, 6) is -1.28. The molecule has 0 aromatic heterocycles. The first kappa shape index (κ1) is 17.6. The molecule has 7 nitrogen and oxygen atoms in total. The molecule has 1 saturated carbocycles. The zero-order valence-electron chi connectivity index (χ0n) is 13.0. The summed E-state index contributed by atoms with van der Waals surface area (Å²) in [6.07, 6.45) is -4.09. The number of hydrazine groups is 1. The summed E-state index contributed by atoms with van der Waals surface area (Å²) in [4.78, 5) is 23.3. The molecular formula is C15H17F3N4O3. The molecule has 136 valence electrons. The van der Waals surface area contributed by atoms with E-state index >= 15 is 0 Å². The van der Waals surface area contributed by atoms with Crippen LogP contribution in [0.15, 0.2) is 24.3 Å². The number of nitrogens with zero attached hydrogens (tertiary/aromatic N) is 1. The zero-order chi connectivity index (χ0) is 18.2. The summed E-state index contributed by atoms with van der Waals surface area (Å²) < 4.78 is 38.3. The topological polar surface area (TPSA) is 96.3 Å². The minimum atomic E-state index is -4.51. The van der Waals surface area contributed by atoms with E-state index in [1.165, 1.54) is 12.1 Å². The van der Waals surface area contributed by atoms with Gasteiger partial charge in [0.15, 0.2) is 0 Å². The summed E-state index contributed by atoms with van der Waals surface area (Å²) in [5.41, 5.74) is 5.01. The van der Waals surface area contributed by atoms with E-state index in [1.807, 2.05) is 0 Å². The summed E-state index contributed by atoms with van der Waals surface area (Å²) in [6, 6.07) is 3.22. The number of hydrogen-bond donors (Lipinski definition) is 3. The van der Waals surface area contributed by atoms with Crippen molar-refractivity contribution < 1.29 is 22.9 Å². The Labute approximate surface area is 141 Å². The smallest absolute Gasteiger partial charge is 0.326 e. The molecule has 4 unspecified atom stereocenters. The van der Waals surface area contributed by atoms with Crippen LogP contribution in [0.5, 0.6) is 0 Å². The van der Waals surface area contributed by atoms with Crippen molar-refractivity contribution in [1.29, 1.82) is 0 Å². The lowest BCUT2D eigenvalue weighted by Gasteiger charge is -2.33. The molecule has 4 atom stereocenters. The van der Waals surface area contributed by atoms with Crippen LogP contribution in [-0.2, 0) is 11.0 Å². The molecule has 0 radical (unpaired) electrons. The molecule has 1 heterocycles.